The maximum atomic E-state index is 12.9. The molecule has 0 saturated carbocycles. The monoisotopic (exact) mass is 336 g/mol. The maximum Gasteiger partial charge on any atom is 0.227 e. The number of carbonyl (C=O) groups is 1. The molecule has 1 fully saturated rings. The van der Waals surface area contributed by atoms with Crippen LogP contribution in [0.3, 0.4) is 0 Å². The molecular weight excluding hydrogens is 319 g/mol. The lowest BCUT2D eigenvalue weighted by Gasteiger charge is -2.39. The third-order valence-electron chi connectivity index (χ3n) is 4.44. The van der Waals surface area contributed by atoms with Crippen LogP contribution in [0, 0.1) is 5.82 Å². The van der Waals surface area contributed by atoms with Crippen molar-refractivity contribution in [1.82, 2.24) is 19.9 Å². The Kier molecular flexibility index (Phi) is 4.01. The van der Waals surface area contributed by atoms with Crippen molar-refractivity contribution in [3.05, 3.63) is 72.2 Å². The number of nitrogens with zero attached hydrogens (tertiary/aromatic N) is 4. The van der Waals surface area contributed by atoms with Crippen molar-refractivity contribution in [3.8, 4) is 11.3 Å². The van der Waals surface area contributed by atoms with E-state index in [9.17, 15) is 9.18 Å². The molecule has 0 unspecified atom stereocenters. The molecule has 2 aromatic carbocycles. The quantitative estimate of drug-likeness (QED) is 0.736. The summed E-state index contributed by atoms with van der Waals surface area (Å²) in [5.74, 6) is -0.244. The van der Waals surface area contributed by atoms with Crippen molar-refractivity contribution < 1.29 is 9.18 Å². The Labute approximate surface area is 144 Å². The van der Waals surface area contributed by atoms with Crippen LogP contribution in [0.2, 0.25) is 0 Å². The second-order valence-electron chi connectivity index (χ2n) is 6.21. The average molecular weight is 336 g/mol. The number of carbonyl (C=O) groups excluding carboxylic acids is 1. The molecule has 4 rings (SSSR count). The molecular formula is C19H17FN4O. The van der Waals surface area contributed by atoms with Crippen LogP contribution in [0.1, 0.15) is 11.6 Å². The van der Waals surface area contributed by atoms with Crippen molar-refractivity contribution in [3.63, 3.8) is 0 Å². The van der Waals surface area contributed by atoms with Gasteiger partial charge in [-0.1, -0.05) is 47.7 Å². The number of likely N-dealkylation sites (tertiary alicyclic amines) is 1. The molecule has 0 spiro atoms. The maximum absolute atomic E-state index is 12.9. The molecule has 0 radical (unpaired) electrons. The van der Waals surface area contributed by atoms with Crippen LogP contribution in [0.25, 0.3) is 11.3 Å². The second kappa shape index (κ2) is 6.47. The van der Waals surface area contributed by atoms with Gasteiger partial charge in [-0.15, -0.1) is 5.10 Å². The van der Waals surface area contributed by atoms with Gasteiger partial charge in [-0.05, 0) is 17.7 Å². The molecule has 2 heterocycles. The molecule has 1 aliphatic heterocycles. The minimum absolute atomic E-state index is 0.0475. The Bertz CT molecular complexity index is 870. The Balaban J connectivity index is 1.35. The van der Waals surface area contributed by atoms with Gasteiger partial charge < -0.3 is 4.90 Å². The zero-order valence-electron chi connectivity index (χ0n) is 13.5. The van der Waals surface area contributed by atoms with E-state index in [0.717, 1.165) is 16.8 Å². The van der Waals surface area contributed by atoms with Gasteiger partial charge in [-0.3, -0.25) is 4.79 Å². The largest absolute Gasteiger partial charge is 0.338 e. The summed E-state index contributed by atoms with van der Waals surface area (Å²) < 4.78 is 14.7. The van der Waals surface area contributed by atoms with Gasteiger partial charge in [0.1, 0.15) is 11.5 Å². The smallest absolute Gasteiger partial charge is 0.227 e. The van der Waals surface area contributed by atoms with Gasteiger partial charge in [0.15, 0.2) is 0 Å². The van der Waals surface area contributed by atoms with Crippen LogP contribution >= 0.6 is 0 Å². The molecule has 25 heavy (non-hydrogen) atoms. The number of hydrogen-bond acceptors (Lipinski definition) is 3. The Morgan fingerprint density at radius 2 is 1.80 bits per heavy atom. The molecule has 126 valence electrons. The van der Waals surface area contributed by atoms with Crippen LogP contribution in [-0.2, 0) is 11.2 Å². The van der Waals surface area contributed by atoms with Gasteiger partial charge in [-0.25, -0.2) is 9.07 Å². The number of amides is 1. The lowest BCUT2D eigenvalue weighted by molar-refractivity contribution is -0.136. The molecule has 5 nitrogen and oxygen atoms in total. The lowest BCUT2D eigenvalue weighted by atomic mass is 10.1. The predicted molar refractivity (Wildman–Crippen MR) is 91.2 cm³/mol. The molecule has 1 aromatic heterocycles. The third kappa shape index (κ3) is 3.28. The molecule has 0 atom stereocenters. The zero-order chi connectivity index (χ0) is 17.2. The van der Waals surface area contributed by atoms with Crippen LogP contribution in [0.5, 0.6) is 0 Å². The van der Waals surface area contributed by atoms with Gasteiger partial charge in [0.25, 0.3) is 0 Å². The Morgan fingerprint density at radius 1 is 1.08 bits per heavy atom. The number of aromatic nitrogens is 3. The van der Waals surface area contributed by atoms with E-state index in [-0.39, 0.29) is 17.8 Å². The van der Waals surface area contributed by atoms with Gasteiger partial charge in [-0.2, -0.15) is 0 Å². The first-order chi connectivity index (χ1) is 12.2. The van der Waals surface area contributed by atoms with E-state index < -0.39 is 0 Å². The van der Waals surface area contributed by atoms with E-state index in [4.69, 9.17) is 0 Å². The standard InChI is InChI=1S/C19H17FN4O/c20-16-8-6-14(7-9-16)10-19(25)23-11-17(12-23)24-13-18(21-22-24)15-4-2-1-3-5-15/h1-9,13,17H,10-12H2. The highest BCUT2D eigenvalue weighted by Gasteiger charge is 2.32. The summed E-state index contributed by atoms with van der Waals surface area (Å²) >= 11 is 0. The first kappa shape index (κ1) is 15.5. The number of rotatable bonds is 4. The van der Waals surface area contributed by atoms with Gasteiger partial charge in [0.2, 0.25) is 5.91 Å². The van der Waals surface area contributed by atoms with E-state index in [1.165, 1.54) is 12.1 Å². The molecule has 0 N–H and O–H groups in total. The molecule has 0 bridgehead atoms. The average Bonchev–Trinajstić information content (AvgIpc) is 3.06. The van der Waals surface area contributed by atoms with Crippen molar-refractivity contribution in [1.29, 1.82) is 0 Å². The molecule has 1 aliphatic rings. The summed E-state index contributed by atoms with van der Waals surface area (Å²) in [5.41, 5.74) is 2.68. The van der Waals surface area contributed by atoms with Crippen LogP contribution in [0.15, 0.2) is 60.8 Å². The summed E-state index contributed by atoms with van der Waals surface area (Å²) in [6, 6.07) is 16.1. The minimum atomic E-state index is -0.291. The predicted octanol–water partition coefficient (Wildman–Crippen LogP) is 2.71. The van der Waals surface area contributed by atoms with Crippen LogP contribution in [-0.4, -0.2) is 38.9 Å². The second-order valence-corrected chi connectivity index (χ2v) is 6.21. The first-order valence-corrected chi connectivity index (χ1v) is 8.18. The van der Waals surface area contributed by atoms with E-state index >= 15 is 0 Å². The highest BCUT2D eigenvalue weighted by atomic mass is 19.1. The topological polar surface area (TPSA) is 51.0 Å². The minimum Gasteiger partial charge on any atom is -0.338 e. The Hall–Kier alpha value is -3.02. The van der Waals surface area contributed by atoms with Crippen molar-refractivity contribution in [2.45, 2.75) is 12.5 Å². The van der Waals surface area contributed by atoms with Gasteiger partial charge in [0.05, 0.1) is 18.7 Å². The van der Waals surface area contributed by atoms with E-state index in [2.05, 4.69) is 10.3 Å². The highest BCUT2D eigenvalue weighted by Crippen LogP contribution is 2.23. The normalized spacial score (nSPS) is 14.4. The number of hydrogen-bond donors (Lipinski definition) is 0. The lowest BCUT2D eigenvalue weighted by Crippen LogP contribution is -2.51. The fourth-order valence-electron chi connectivity index (χ4n) is 2.91. The summed E-state index contributed by atoms with van der Waals surface area (Å²) in [7, 11) is 0. The molecule has 0 aliphatic carbocycles. The Morgan fingerprint density at radius 3 is 2.52 bits per heavy atom. The fraction of sp³-hybridized carbons (Fsp3) is 0.211. The molecule has 3 aromatic rings. The van der Waals surface area contributed by atoms with Crippen molar-refractivity contribution >= 4 is 5.91 Å². The summed E-state index contributed by atoms with van der Waals surface area (Å²) in [5, 5.41) is 8.40. The van der Waals surface area contributed by atoms with Crippen LogP contribution in [0.4, 0.5) is 4.39 Å². The van der Waals surface area contributed by atoms with Gasteiger partial charge in [0, 0.05) is 18.7 Å². The molecule has 1 saturated heterocycles. The fourth-order valence-corrected chi connectivity index (χ4v) is 2.91. The first-order valence-electron chi connectivity index (χ1n) is 8.18. The highest BCUT2D eigenvalue weighted by molar-refractivity contribution is 5.79. The zero-order valence-corrected chi connectivity index (χ0v) is 13.5. The number of benzene rings is 2. The SMILES string of the molecule is O=C(Cc1ccc(F)cc1)N1CC(n2cc(-c3ccccc3)nn2)C1. The van der Waals surface area contributed by atoms with E-state index in [1.807, 2.05) is 41.2 Å². The summed E-state index contributed by atoms with van der Waals surface area (Å²) in [6.45, 7) is 1.25. The van der Waals surface area contributed by atoms with Crippen molar-refractivity contribution in [2.24, 2.45) is 0 Å². The van der Waals surface area contributed by atoms with Gasteiger partial charge >= 0.3 is 0 Å². The molecule has 6 heteroatoms. The third-order valence-corrected chi connectivity index (χ3v) is 4.44. The van der Waals surface area contributed by atoms with Crippen molar-refractivity contribution in [2.75, 3.05) is 13.1 Å². The summed E-state index contributed by atoms with van der Waals surface area (Å²) in [4.78, 5) is 14.1. The van der Waals surface area contributed by atoms with E-state index in [0.29, 0.717) is 19.5 Å². The van der Waals surface area contributed by atoms with E-state index in [1.54, 1.807) is 17.0 Å². The summed E-state index contributed by atoms with van der Waals surface area (Å²) in [6.07, 6.45) is 2.21. The molecule has 1 amide bonds. The van der Waals surface area contributed by atoms with Crippen LogP contribution < -0.4 is 0 Å². The number of halogens is 1.